The van der Waals surface area contributed by atoms with Gasteiger partial charge in [0.25, 0.3) is 0 Å². The van der Waals surface area contributed by atoms with Crippen molar-refractivity contribution in [3.63, 3.8) is 0 Å². The van der Waals surface area contributed by atoms with Crippen LogP contribution in [-0.4, -0.2) is 109 Å². The van der Waals surface area contributed by atoms with Gasteiger partial charge in [0.2, 0.25) is 29.5 Å². The summed E-state index contributed by atoms with van der Waals surface area (Å²) in [4.78, 5) is 73.4. The molecule has 13 nitrogen and oxygen atoms in total. The quantitative estimate of drug-likeness (QED) is 0.0270. The molecular weight excluding hydrogens is 965 g/mol. The van der Waals surface area contributed by atoms with Crippen LogP contribution in [0.3, 0.4) is 0 Å². The lowest BCUT2D eigenvalue weighted by Gasteiger charge is -2.36. The van der Waals surface area contributed by atoms with E-state index in [-0.39, 0.29) is 41.2 Å². The Hall–Kier alpha value is -7.25. The van der Waals surface area contributed by atoms with Gasteiger partial charge in [-0.15, -0.1) is 0 Å². The maximum atomic E-state index is 14.6. The molecule has 0 aromatic heterocycles. The number of benzene rings is 5. The van der Waals surface area contributed by atoms with Crippen molar-refractivity contribution in [2.24, 2.45) is 5.92 Å². The van der Waals surface area contributed by atoms with Gasteiger partial charge < -0.3 is 40.9 Å². The molecule has 0 radical (unpaired) electrons. The minimum atomic E-state index is -0.993. The second kappa shape index (κ2) is 29.3. The van der Waals surface area contributed by atoms with Crippen LogP contribution in [0.5, 0.6) is 11.5 Å². The van der Waals surface area contributed by atoms with Crippen LogP contribution >= 0.6 is 0 Å². The first-order valence-corrected chi connectivity index (χ1v) is 28.0. The highest BCUT2D eigenvalue weighted by Gasteiger charge is 2.43. The maximum Gasteiger partial charge on any atom is 0.246 e. The molecule has 2 fully saturated rings. The fraction of sp³-hybridized carbons (Fsp3) is 0.422. The normalized spacial score (nSPS) is 16.2. The Kier molecular flexibility index (Phi) is 21.9. The van der Waals surface area contributed by atoms with Gasteiger partial charge in [-0.1, -0.05) is 154 Å². The van der Waals surface area contributed by atoms with Crippen LogP contribution in [0.2, 0.25) is 0 Å². The predicted octanol–water partition coefficient (Wildman–Crippen LogP) is 9.65. The fourth-order valence-electron chi connectivity index (χ4n) is 10.9. The maximum absolute atomic E-state index is 14.6. The molecule has 7 rings (SSSR count). The number of rotatable bonds is 26. The molecule has 0 bridgehead atoms. The first-order chi connectivity index (χ1) is 37.5. The number of unbranched alkanes of at least 4 members (excludes halogenated alkanes) is 3. The number of hydrogen-bond donors (Lipinski definition) is 5. The summed E-state index contributed by atoms with van der Waals surface area (Å²) in [6.45, 7) is 5.47. The van der Waals surface area contributed by atoms with Crippen LogP contribution in [0.1, 0.15) is 131 Å². The summed E-state index contributed by atoms with van der Waals surface area (Å²) in [5, 5.41) is 22.3. The standard InChI is InChI=1S/C64H80N6O7/c1-5-54(46-23-12-8-13-24-46)57(49-33-37-52(71)38-34-49)50-35-39-53(40-36-50)77-44-43-69(4)56(72)32-20-6-7-21-41-66-63(75)60(58(47-25-14-9-15-26-47)48-27-16-10-17-28-48)68-62(74)55-31-22-42-70(55)64(76)59(51-29-18-11-19-30-51)67-61(73)45(2)65-3/h8-10,12-17,23-28,33-40,45,51,55,58-60,65,71H,5-7,11,18-22,29-32,41-44H2,1-4H3,(H,66,75)(H,67,73)(H,68,74)/b57-54-/t45-,55+,59-,60-/m0/s1. The number of ether oxygens (including phenoxy) is 1. The first-order valence-electron chi connectivity index (χ1n) is 28.0. The van der Waals surface area contributed by atoms with Gasteiger partial charge in [-0.3, -0.25) is 24.0 Å². The van der Waals surface area contributed by atoms with Crippen molar-refractivity contribution >= 4 is 40.7 Å². The summed E-state index contributed by atoms with van der Waals surface area (Å²) in [7, 11) is 3.51. The highest BCUT2D eigenvalue weighted by atomic mass is 16.5. The van der Waals surface area contributed by atoms with Gasteiger partial charge in [0.1, 0.15) is 36.2 Å². The van der Waals surface area contributed by atoms with E-state index >= 15 is 0 Å². The third-order valence-corrected chi connectivity index (χ3v) is 15.4. The molecule has 5 amide bonds. The molecule has 2 aliphatic rings. The minimum Gasteiger partial charge on any atom is -0.508 e. The van der Waals surface area contributed by atoms with Crippen LogP contribution in [0.4, 0.5) is 0 Å². The molecular formula is C64H80N6O7. The molecule has 0 spiro atoms. The summed E-state index contributed by atoms with van der Waals surface area (Å²) in [5.74, 6) is -0.768. The Morgan fingerprint density at radius 1 is 0.688 bits per heavy atom. The SMILES string of the molecule is CC/C(=C(\c1ccc(O)cc1)c1ccc(OCCN(C)C(=O)CCCCCCNC(=O)[C@@H](NC(=O)[C@H]2CCCN2C(=O)[C@@H](NC(=O)[C@H](C)NC)C2CCCCC2)C(c2ccccc2)c2ccccc2)cc1)c1ccccc1. The number of nitrogens with zero attached hydrogens (tertiary/aromatic N) is 2. The van der Waals surface area contributed by atoms with E-state index in [1.165, 1.54) is 5.57 Å². The van der Waals surface area contributed by atoms with E-state index in [1.807, 2.05) is 103 Å². The van der Waals surface area contributed by atoms with Gasteiger partial charge >= 0.3 is 0 Å². The monoisotopic (exact) mass is 1040 g/mol. The first kappa shape index (κ1) is 57.5. The van der Waals surface area contributed by atoms with Crippen molar-refractivity contribution in [2.75, 3.05) is 40.3 Å². The molecule has 1 saturated carbocycles. The zero-order chi connectivity index (χ0) is 54.5. The molecule has 1 aliphatic heterocycles. The fourth-order valence-corrected chi connectivity index (χ4v) is 10.9. The Balaban J connectivity index is 0.912. The zero-order valence-corrected chi connectivity index (χ0v) is 45.6. The van der Waals surface area contributed by atoms with Crippen molar-refractivity contribution in [3.05, 3.63) is 167 Å². The van der Waals surface area contributed by atoms with E-state index in [0.29, 0.717) is 64.1 Å². The van der Waals surface area contributed by atoms with Crippen LogP contribution < -0.4 is 26.0 Å². The molecule has 1 aliphatic carbocycles. The Morgan fingerprint density at radius 3 is 1.90 bits per heavy atom. The topological polar surface area (TPSA) is 169 Å². The number of hydrogen-bond acceptors (Lipinski definition) is 8. The van der Waals surface area contributed by atoms with Crippen molar-refractivity contribution in [1.82, 2.24) is 31.1 Å². The molecule has 1 saturated heterocycles. The number of nitrogens with one attached hydrogen (secondary N) is 4. The molecule has 13 heteroatoms. The summed E-state index contributed by atoms with van der Waals surface area (Å²) >= 11 is 0. The molecule has 5 aromatic rings. The van der Waals surface area contributed by atoms with Crippen LogP contribution in [0.25, 0.3) is 11.1 Å². The van der Waals surface area contributed by atoms with Crippen LogP contribution in [0.15, 0.2) is 140 Å². The Morgan fingerprint density at radius 2 is 1.29 bits per heavy atom. The van der Waals surface area contributed by atoms with E-state index in [2.05, 4.69) is 52.5 Å². The summed E-state index contributed by atoms with van der Waals surface area (Å²) < 4.78 is 6.11. The Labute approximate surface area is 456 Å². The van der Waals surface area contributed by atoms with Gasteiger partial charge in [-0.05, 0) is 128 Å². The van der Waals surface area contributed by atoms with Crippen LogP contribution in [-0.2, 0) is 24.0 Å². The number of amides is 5. The van der Waals surface area contributed by atoms with E-state index in [1.54, 1.807) is 43.0 Å². The largest absolute Gasteiger partial charge is 0.508 e. The average molecular weight is 1050 g/mol. The van der Waals surface area contributed by atoms with E-state index in [0.717, 1.165) is 84.8 Å². The molecule has 1 heterocycles. The number of phenols is 1. The van der Waals surface area contributed by atoms with Crippen molar-refractivity contribution in [3.8, 4) is 11.5 Å². The number of likely N-dealkylation sites (N-methyl/N-ethyl adjacent to an activating group) is 2. The molecule has 5 N–H and O–H groups in total. The van der Waals surface area contributed by atoms with Gasteiger partial charge in [0.15, 0.2) is 0 Å². The number of likely N-dealkylation sites (tertiary alicyclic amines) is 1. The highest BCUT2D eigenvalue weighted by molar-refractivity contribution is 5.99. The number of allylic oxidation sites excluding steroid dienone is 1. The molecule has 4 atom stereocenters. The van der Waals surface area contributed by atoms with Gasteiger partial charge in [-0.2, -0.15) is 0 Å². The van der Waals surface area contributed by atoms with Gasteiger partial charge in [0, 0.05) is 32.5 Å². The zero-order valence-electron chi connectivity index (χ0n) is 45.6. The van der Waals surface area contributed by atoms with E-state index in [9.17, 15) is 29.1 Å². The van der Waals surface area contributed by atoms with Crippen molar-refractivity contribution in [2.45, 2.75) is 127 Å². The second-order valence-electron chi connectivity index (χ2n) is 20.6. The second-order valence-corrected chi connectivity index (χ2v) is 20.6. The summed E-state index contributed by atoms with van der Waals surface area (Å²) in [5.41, 5.74) is 7.22. The number of aromatic hydroxyl groups is 1. The minimum absolute atomic E-state index is 0.0195. The van der Waals surface area contributed by atoms with Gasteiger partial charge in [-0.25, -0.2) is 0 Å². The van der Waals surface area contributed by atoms with Crippen LogP contribution in [0, 0.1) is 5.92 Å². The van der Waals surface area contributed by atoms with E-state index in [4.69, 9.17) is 4.74 Å². The number of phenolic OH excluding ortho intramolecular Hbond substituents is 1. The smallest absolute Gasteiger partial charge is 0.246 e. The average Bonchev–Trinajstić information content (AvgIpc) is 3.98. The lowest BCUT2D eigenvalue weighted by atomic mass is 9.83. The summed E-state index contributed by atoms with van der Waals surface area (Å²) in [6.07, 6.45) is 10.0. The number of carbonyl (C=O) groups is 5. The lowest BCUT2D eigenvalue weighted by molar-refractivity contribution is -0.143. The third-order valence-electron chi connectivity index (χ3n) is 15.4. The van der Waals surface area contributed by atoms with Crippen molar-refractivity contribution in [1.29, 1.82) is 0 Å². The van der Waals surface area contributed by atoms with E-state index < -0.39 is 30.1 Å². The third kappa shape index (κ3) is 15.9. The lowest BCUT2D eigenvalue weighted by Crippen LogP contribution is -2.59. The molecule has 5 aromatic carbocycles. The number of carbonyl (C=O) groups excluding carboxylic acids is 5. The van der Waals surface area contributed by atoms with Crippen molar-refractivity contribution < 1.29 is 33.8 Å². The highest BCUT2D eigenvalue weighted by Crippen LogP contribution is 2.36. The summed E-state index contributed by atoms with van der Waals surface area (Å²) in [6, 6.07) is 42.1. The predicted molar refractivity (Wildman–Crippen MR) is 305 cm³/mol. The molecule has 0 unspecified atom stereocenters. The molecule has 408 valence electrons. The van der Waals surface area contributed by atoms with Gasteiger partial charge in [0.05, 0.1) is 12.6 Å². The Bertz CT molecular complexity index is 2660. The molecule has 77 heavy (non-hydrogen) atoms.